The fourth-order valence-electron chi connectivity index (χ4n) is 2.53. The average molecular weight is 416 g/mol. The van der Waals surface area contributed by atoms with Gasteiger partial charge in [-0.1, -0.05) is 35.9 Å². The Morgan fingerprint density at radius 2 is 1.93 bits per heavy atom. The van der Waals surface area contributed by atoms with Crippen molar-refractivity contribution in [3.8, 4) is 11.1 Å². The largest absolute Gasteiger partial charge is 0.465 e. The monoisotopic (exact) mass is 415 g/mol. The van der Waals surface area contributed by atoms with Gasteiger partial charge in [-0.15, -0.1) is 11.3 Å². The van der Waals surface area contributed by atoms with Gasteiger partial charge in [-0.05, 0) is 41.5 Å². The summed E-state index contributed by atoms with van der Waals surface area (Å²) in [6.45, 7) is 0. The number of carbonyl (C=O) groups excluding carboxylic acids is 2. The highest BCUT2D eigenvalue weighted by molar-refractivity contribution is 7.15. The number of hydrogen-bond acceptors (Lipinski definition) is 4. The van der Waals surface area contributed by atoms with Crippen LogP contribution in [0.15, 0.2) is 60.0 Å². The molecule has 4 nitrogen and oxygen atoms in total. The minimum atomic E-state index is -0.588. The maximum Gasteiger partial charge on any atom is 0.341 e. The van der Waals surface area contributed by atoms with Crippen molar-refractivity contribution in [2.45, 2.75) is 0 Å². The number of rotatable bonds is 5. The van der Waals surface area contributed by atoms with Crippen LogP contribution in [0.4, 0.5) is 9.39 Å². The molecule has 0 saturated carbocycles. The van der Waals surface area contributed by atoms with E-state index < -0.39 is 11.9 Å². The Hall–Kier alpha value is -2.96. The molecule has 1 N–H and O–H groups in total. The van der Waals surface area contributed by atoms with E-state index in [4.69, 9.17) is 16.3 Å². The average Bonchev–Trinajstić information content (AvgIpc) is 3.10. The Labute approximate surface area is 170 Å². The van der Waals surface area contributed by atoms with E-state index in [0.29, 0.717) is 21.2 Å². The van der Waals surface area contributed by atoms with Crippen LogP contribution in [-0.2, 0) is 9.53 Å². The van der Waals surface area contributed by atoms with Gasteiger partial charge >= 0.3 is 5.97 Å². The minimum Gasteiger partial charge on any atom is -0.465 e. The SMILES string of the molecule is COC(=O)c1c(-c2ccc(F)cc2)csc1NC(=O)/C=C/c1cccc(Cl)c1. The molecular weight excluding hydrogens is 401 g/mol. The van der Waals surface area contributed by atoms with Crippen LogP contribution in [0.1, 0.15) is 15.9 Å². The van der Waals surface area contributed by atoms with Crippen molar-refractivity contribution in [3.63, 3.8) is 0 Å². The van der Waals surface area contributed by atoms with Crippen LogP contribution < -0.4 is 5.32 Å². The number of esters is 1. The molecule has 142 valence electrons. The molecule has 0 unspecified atom stereocenters. The summed E-state index contributed by atoms with van der Waals surface area (Å²) in [6.07, 6.45) is 2.97. The summed E-state index contributed by atoms with van der Waals surface area (Å²) < 4.78 is 18.0. The molecule has 0 fully saturated rings. The lowest BCUT2D eigenvalue weighted by Gasteiger charge is -2.06. The van der Waals surface area contributed by atoms with Crippen molar-refractivity contribution in [2.75, 3.05) is 12.4 Å². The molecule has 3 aromatic rings. The lowest BCUT2D eigenvalue weighted by Crippen LogP contribution is -2.11. The predicted octanol–water partition coefficient (Wildman–Crippen LogP) is 5.65. The fraction of sp³-hybridized carbons (Fsp3) is 0.0476. The third-order valence-corrected chi connectivity index (χ3v) is 4.98. The van der Waals surface area contributed by atoms with Crippen molar-refractivity contribution >= 4 is 45.9 Å². The molecule has 0 bridgehead atoms. The van der Waals surface area contributed by atoms with E-state index in [9.17, 15) is 14.0 Å². The minimum absolute atomic E-state index is 0.226. The normalized spacial score (nSPS) is 10.8. The lowest BCUT2D eigenvalue weighted by atomic mass is 10.0. The van der Waals surface area contributed by atoms with E-state index in [2.05, 4.69) is 5.32 Å². The Balaban J connectivity index is 1.86. The van der Waals surface area contributed by atoms with Crippen molar-refractivity contribution in [2.24, 2.45) is 0 Å². The van der Waals surface area contributed by atoms with Gasteiger partial charge in [0.25, 0.3) is 0 Å². The van der Waals surface area contributed by atoms with Gasteiger partial charge in [0.05, 0.1) is 7.11 Å². The van der Waals surface area contributed by atoms with Gasteiger partial charge < -0.3 is 10.1 Å². The number of halogens is 2. The highest BCUT2D eigenvalue weighted by Crippen LogP contribution is 2.36. The van der Waals surface area contributed by atoms with E-state index in [1.165, 1.54) is 36.7 Å². The number of benzene rings is 2. The van der Waals surface area contributed by atoms with Gasteiger partial charge in [0, 0.05) is 22.0 Å². The van der Waals surface area contributed by atoms with E-state index >= 15 is 0 Å². The van der Waals surface area contributed by atoms with Gasteiger partial charge in [0.15, 0.2) is 0 Å². The van der Waals surface area contributed by atoms with Crippen molar-refractivity contribution < 1.29 is 18.7 Å². The number of carbonyl (C=O) groups is 2. The number of hydrogen-bond donors (Lipinski definition) is 1. The van der Waals surface area contributed by atoms with Crippen molar-refractivity contribution in [1.29, 1.82) is 0 Å². The zero-order chi connectivity index (χ0) is 20.1. The van der Waals surface area contributed by atoms with Gasteiger partial charge in [0.2, 0.25) is 5.91 Å². The molecule has 2 aromatic carbocycles. The van der Waals surface area contributed by atoms with Crippen LogP contribution in [0.3, 0.4) is 0 Å². The molecule has 1 amide bonds. The first-order valence-electron chi connectivity index (χ1n) is 8.18. The number of anilines is 1. The Bertz CT molecular complexity index is 1040. The smallest absolute Gasteiger partial charge is 0.341 e. The molecule has 0 radical (unpaired) electrons. The van der Waals surface area contributed by atoms with E-state index in [-0.39, 0.29) is 11.4 Å². The highest BCUT2D eigenvalue weighted by atomic mass is 35.5. The molecule has 7 heteroatoms. The van der Waals surface area contributed by atoms with Crippen LogP contribution in [-0.4, -0.2) is 19.0 Å². The van der Waals surface area contributed by atoms with Crippen LogP contribution >= 0.6 is 22.9 Å². The third-order valence-electron chi connectivity index (χ3n) is 3.85. The van der Waals surface area contributed by atoms with E-state index in [0.717, 1.165) is 5.56 Å². The fourth-order valence-corrected chi connectivity index (χ4v) is 3.69. The topological polar surface area (TPSA) is 55.4 Å². The van der Waals surface area contributed by atoms with Gasteiger partial charge in [-0.25, -0.2) is 9.18 Å². The van der Waals surface area contributed by atoms with Crippen molar-refractivity contribution in [3.05, 3.63) is 82.0 Å². The molecule has 1 aromatic heterocycles. The van der Waals surface area contributed by atoms with Crippen LogP contribution in [0, 0.1) is 5.82 Å². The Kier molecular flexibility index (Phi) is 6.23. The van der Waals surface area contributed by atoms with Gasteiger partial charge in [0.1, 0.15) is 16.4 Å². The number of ether oxygens (including phenoxy) is 1. The summed E-state index contributed by atoms with van der Waals surface area (Å²) in [4.78, 5) is 24.6. The maximum atomic E-state index is 13.2. The molecule has 1 heterocycles. The molecule has 3 rings (SSSR count). The third kappa shape index (κ3) is 4.65. The zero-order valence-electron chi connectivity index (χ0n) is 14.7. The molecular formula is C21H15ClFNO3S. The molecule has 28 heavy (non-hydrogen) atoms. The molecule has 0 saturated heterocycles. The van der Waals surface area contributed by atoms with Gasteiger partial charge in [-0.3, -0.25) is 4.79 Å². The zero-order valence-corrected chi connectivity index (χ0v) is 16.3. The molecule has 0 aliphatic rings. The highest BCUT2D eigenvalue weighted by Gasteiger charge is 2.21. The number of nitrogens with one attached hydrogen (secondary N) is 1. The second-order valence-corrected chi connectivity index (χ2v) is 7.05. The van der Waals surface area contributed by atoms with Crippen LogP contribution in [0.2, 0.25) is 5.02 Å². The Morgan fingerprint density at radius 1 is 1.18 bits per heavy atom. The molecule has 0 aliphatic carbocycles. The first kappa shape index (κ1) is 19.8. The van der Waals surface area contributed by atoms with Gasteiger partial charge in [-0.2, -0.15) is 0 Å². The molecule has 0 aliphatic heterocycles. The first-order valence-corrected chi connectivity index (χ1v) is 9.44. The standard InChI is InChI=1S/C21H15ClFNO3S/c1-27-21(26)19-17(14-6-8-16(23)9-7-14)12-28-20(19)24-18(25)10-5-13-3-2-4-15(22)11-13/h2-12H,1H3,(H,24,25)/b10-5+. The number of amides is 1. The number of thiophene rings is 1. The molecule has 0 atom stereocenters. The quantitative estimate of drug-likeness (QED) is 0.433. The summed E-state index contributed by atoms with van der Waals surface area (Å²) in [5, 5.41) is 5.34. The predicted molar refractivity (Wildman–Crippen MR) is 110 cm³/mol. The Morgan fingerprint density at radius 3 is 2.61 bits per heavy atom. The maximum absolute atomic E-state index is 13.2. The first-order chi connectivity index (χ1) is 13.5. The van der Waals surface area contributed by atoms with E-state index in [1.807, 2.05) is 6.07 Å². The lowest BCUT2D eigenvalue weighted by molar-refractivity contribution is -0.111. The summed E-state index contributed by atoms with van der Waals surface area (Å²) >= 11 is 7.11. The summed E-state index contributed by atoms with van der Waals surface area (Å²) in [5.74, 6) is -1.37. The summed E-state index contributed by atoms with van der Waals surface area (Å²) in [6, 6.07) is 12.8. The van der Waals surface area contributed by atoms with E-state index in [1.54, 1.807) is 41.8 Å². The van der Waals surface area contributed by atoms with Crippen LogP contribution in [0.25, 0.3) is 17.2 Å². The number of methoxy groups -OCH3 is 1. The van der Waals surface area contributed by atoms with Crippen LogP contribution in [0.5, 0.6) is 0 Å². The second-order valence-electron chi connectivity index (χ2n) is 5.73. The summed E-state index contributed by atoms with van der Waals surface area (Å²) in [7, 11) is 1.26. The second kappa shape index (κ2) is 8.82. The summed E-state index contributed by atoms with van der Waals surface area (Å²) in [5.41, 5.74) is 2.21. The van der Waals surface area contributed by atoms with Crippen molar-refractivity contribution in [1.82, 2.24) is 0 Å². The molecule has 0 spiro atoms.